The summed E-state index contributed by atoms with van der Waals surface area (Å²) in [5.74, 6) is 1.01. The molecule has 5 rings (SSSR count). The molecule has 0 radical (unpaired) electrons. The number of benzene rings is 1. The van der Waals surface area contributed by atoms with Gasteiger partial charge in [-0.1, -0.05) is 20.8 Å². The highest BCUT2D eigenvalue weighted by molar-refractivity contribution is 7.21. The van der Waals surface area contributed by atoms with Gasteiger partial charge in [0, 0.05) is 31.7 Å². The zero-order chi connectivity index (χ0) is 27.0. The van der Waals surface area contributed by atoms with E-state index in [1.54, 1.807) is 13.2 Å². The van der Waals surface area contributed by atoms with E-state index in [4.69, 9.17) is 24.4 Å². The SMILES string of the molecule is COc1nc(N2CCOCC2)nc(NC2CCCN(C(=O)O)C2C(C)(C)C)c1-c1nc2cc(F)ccc2s1. The molecular weight excluding hydrogens is 511 g/mol. The van der Waals surface area contributed by atoms with Gasteiger partial charge < -0.3 is 29.7 Å². The second-order valence-corrected chi connectivity index (χ2v) is 11.7. The van der Waals surface area contributed by atoms with Gasteiger partial charge >= 0.3 is 6.09 Å². The van der Waals surface area contributed by atoms with E-state index in [9.17, 15) is 14.3 Å². The van der Waals surface area contributed by atoms with Crippen molar-refractivity contribution in [2.75, 3.05) is 50.2 Å². The van der Waals surface area contributed by atoms with Gasteiger partial charge in [-0.3, -0.25) is 0 Å². The van der Waals surface area contributed by atoms with Crippen LogP contribution < -0.4 is 15.0 Å². The molecule has 2 fully saturated rings. The number of morpholine rings is 1. The van der Waals surface area contributed by atoms with Gasteiger partial charge in [0.15, 0.2) is 0 Å². The van der Waals surface area contributed by atoms with Gasteiger partial charge in [-0.05, 0) is 30.4 Å². The van der Waals surface area contributed by atoms with Gasteiger partial charge in [-0.25, -0.2) is 14.2 Å². The zero-order valence-corrected chi connectivity index (χ0v) is 22.8. The first-order valence-corrected chi connectivity index (χ1v) is 13.6. The Morgan fingerprint density at radius 1 is 1.21 bits per heavy atom. The third-order valence-corrected chi connectivity index (χ3v) is 8.05. The smallest absolute Gasteiger partial charge is 0.407 e. The van der Waals surface area contributed by atoms with Crippen molar-refractivity contribution >= 4 is 39.4 Å². The number of carboxylic acid groups (broad SMARTS) is 1. The second-order valence-electron chi connectivity index (χ2n) is 10.7. The summed E-state index contributed by atoms with van der Waals surface area (Å²) in [6.45, 7) is 9.07. The minimum Gasteiger partial charge on any atom is -0.480 e. The number of hydrogen-bond donors (Lipinski definition) is 2. The van der Waals surface area contributed by atoms with E-state index in [0.29, 0.717) is 66.6 Å². The van der Waals surface area contributed by atoms with E-state index in [0.717, 1.165) is 17.5 Å². The number of halogens is 1. The summed E-state index contributed by atoms with van der Waals surface area (Å²) in [5.41, 5.74) is 0.789. The Bertz CT molecular complexity index is 1320. The van der Waals surface area contributed by atoms with E-state index in [1.807, 2.05) is 4.90 Å². The highest BCUT2D eigenvalue weighted by Gasteiger charge is 2.42. The lowest BCUT2D eigenvalue weighted by molar-refractivity contribution is 0.0518. The predicted molar refractivity (Wildman–Crippen MR) is 145 cm³/mol. The van der Waals surface area contributed by atoms with E-state index < -0.39 is 6.09 Å². The summed E-state index contributed by atoms with van der Waals surface area (Å²) in [6.07, 6.45) is 0.569. The quantitative estimate of drug-likeness (QED) is 0.472. The maximum absolute atomic E-state index is 13.9. The van der Waals surface area contributed by atoms with Crippen LogP contribution in [0, 0.1) is 11.2 Å². The van der Waals surface area contributed by atoms with Crippen molar-refractivity contribution < 1.29 is 23.8 Å². The standard InChI is InChI=1S/C26H33FN6O4S/c1-26(2,3)20-16(6-5-9-33(20)25(34)35)28-21-19(23-29-17-14-15(27)7-8-18(17)38-23)22(36-4)31-24(30-21)32-10-12-37-13-11-32/h7-8,14,16,20H,5-6,9-13H2,1-4H3,(H,34,35)(H,28,30,31). The van der Waals surface area contributed by atoms with Crippen LogP contribution in [-0.4, -0.2) is 83.1 Å². The average molecular weight is 545 g/mol. The summed E-state index contributed by atoms with van der Waals surface area (Å²) in [7, 11) is 1.55. The molecular formula is C26H33FN6O4S. The number of likely N-dealkylation sites (tertiary alicyclic amines) is 1. The molecule has 0 aliphatic carbocycles. The van der Waals surface area contributed by atoms with Crippen LogP contribution in [0.4, 0.5) is 21.0 Å². The fraction of sp³-hybridized carbons (Fsp3) is 0.538. The molecule has 3 aromatic rings. The molecule has 0 bridgehead atoms. The van der Waals surface area contributed by atoms with Crippen LogP contribution in [0.1, 0.15) is 33.6 Å². The van der Waals surface area contributed by atoms with Crippen LogP contribution in [0.15, 0.2) is 18.2 Å². The van der Waals surface area contributed by atoms with Gasteiger partial charge in [0.2, 0.25) is 11.8 Å². The number of ether oxygens (including phenoxy) is 2. The summed E-state index contributed by atoms with van der Waals surface area (Å²) in [5, 5.41) is 14.2. The van der Waals surface area contributed by atoms with Crippen LogP contribution in [0.5, 0.6) is 5.88 Å². The summed E-state index contributed by atoms with van der Waals surface area (Å²) in [6, 6.07) is 4.02. The van der Waals surface area contributed by atoms with Crippen molar-refractivity contribution in [2.24, 2.45) is 5.41 Å². The molecule has 2 saturated heterocycles. The molecule has 1 amide bonds. The first kappa shape index (κ1) is 26.4. The molecule has 0 spiro atoms. The van der Waals surface area contributed by atoms with Crippen molar-refractivity contribution in [3.63, 3.8) is 0 Å². The van der Waals surface area contributed by atoms with Gasteiger partial charge in [0.25, 0.3) is 0 Å². The number of nitrogens with one attached hydrogen (secondary N) is 1. The van der Waals surface area contributed by atoms with Crippen molar-refractivity contribution in [2.45, 2.75) is 45.7 Å². The second kappa shape index (κ2) is 10.5. The number of piperidine rings is 1. The highest BCUT2D eigenvalue weighted by Crippen LogP contribution is 2.42. The maximum Gasteiger partial charge on any atom is 0.407 e. The van der Waals surface area contributed by atoms with E-state index >= 15 is 0 Å². The Kier molecular flexibility index (Phi) is 7.28. The molecule has 204 valence electrons. The highest BCUT2D eigenvalue weighted by atomic mass is 32.1. The van der Waals surface area contributed by atoms with Gasteiger partial charge in [0.1, 0.15) is 22.2 Å². The van der Waals surface area contributed by atoms with Crippen LogP contribution in [0.2, 0.25) is 0 Å². The third-order valence-electron chi connectivity index (χ3n) is 7.00. The van der Waals surface area contributed by atoms with Crippen molar-refractivity contribution in [3.8, 4) is 16.5 Å². The Morgan fingerprint density at radius 2 is 1.97 bits per heavy atom. The topological polar surface area (TPSA) is 113 Å². The number of anilines is 2. The fourth-order valence-corrected chi connectivity index (χ4v) is 6.38. The van der Waals surface area contributed by atoms with Crippen molar-refractivity contribution in [1.82, 2.24) is 19.9 Å². The fourth-order valence-electron chi connectivity index (χ4n) is 5.39. The molecule has 2 aromatic heterocycles. The predicted octanol–water partition coefficient (Wildman–Crippen LogP) is 4.71. The Labute approximate surface area is 224 Å². The first-order chi connectivity index (χ1) is 18.2. The lowest BCUT2D eigenvalue weighted by Gasteiger charge is -2.47. The lowest BCUT2D eigenvalue weighted by Crippen LogP contribution is -2.58. The Morgan fingerprint density at radius 3 is 2.66 bits per heavy atom. The molecule has 10 nitrogen and oxygen atoms in total. The number of methoxy groups -OCH3 is 1. The van der Waals surface area contributed by atoms with Crippen molar-refractivity contribution in [1.29, 1.82) is 0 Å². The third kappa shape index (κ3) is 5.19. The first-order valence-electron chi connectivity index (χ1n) is 12.8. The molecule has 2 N–H and O–H groups in total. The molecule has 1 aromatic carbocycles. The zero-order valence-electron chi connectivity index (χ0n) is 22.0. The number of nitrogens with zero attached hydrogens (tertiary/aromatic N) is 5. The number of hydrogen-bond acceptors (Lipinski definition) is 9. The number of carbonyl (C=O) groups is 1. The number of fused-ring (bicyclic) bond motifs is 1. The normalized spacial score (nSPS) is 20.6. The molecule has 38 heavy (non-hydrogen) atoms. The largest absolute Gasteiger partial charge is 0.480 e. The number of rotatable bonds is 5. The summed E-state index contributed by atoms with van der Waals surface area (Å²) < 4.78 is 26.0. The summed E-state index contributed by atoms with van der Waals surface area (Å²) >= 11 is 1.40. The molecule has 4 heterocycles. The van der Waals surface area contributed by atoms with Crippen LogP contribution in [-0.2, 0) is 4.74 Å². The van der Waals surface area contributed by atoms with Gasteiger partial charge in [-0.2, -0.15) is 9.97 Å². The molecule has 2 aliphatic rings. The summed E-state index contributed by atoms with van der Waals surface area (Å²) in [4.78, 5) is 30.1. The number of aromatic nitrogens is 3. The van der Waals surface area contributed by atoms with Crippen LogP contribution in [0.25, 0.3) is 20.8 Å². The Balaban J connectivity index is 1.64. The monoisotopic (exact) mass is 544 g/mol. The van der Waals surface area contributed by atoms with Gasteiger partial charge in [0.05, 0.1) is 36.6 Å². The minimum absolute atomic E-state index is 0.206. The molecule has 0 saturated carbocycles. The van der Waals surface area contributed by atoms with E-state index in [1.165, 1.54) is 28.4 Å². The Hall–Kier alpha value is -3.25. The number of amides is 1. The average Bonchev–Trinajstić information content (AvgIpc) is 3.30. The number of thiazole rings is 1. The van der Waals surface area contributed by atoms with Crippen LogP contribution in [0.3, 0.4) is 0 Å². The van der Waals surface area contributed by atoms with E-state index in [-0.39, 0.29) is 23.3 Å². The maximum atomic E-state index is 13.9. The molecule has 12 heteroatoms. The molecule has 2 unspecified atom stereocenters. The van der Waals surface area contributed by atoms with E-state index in [2.05, 4.69) is 26.1 Å². The molecule has 2 atom stereocenters. The van der Waals surface area contributed by atoms with Gasteiger partial charge in [-0.15, -0.1) is 11.3 Å². The minimum atomic E-state index is -0.931. The molecule has 2 aliphatic heterocycles. The van der Waals surface area contributed by atoms with Crippen LogP contribution >= 0.6 is 11.3 Å². The lowest BCUT2D eigenvalue weighted by atomic mass is 9.77. The van der Waals surface area contributed by atoms with Crippen molar-refractivity contribution in [3.05, 3.63) is 24.0 Å².